The average molecular weight is 431 g/mol. The van der Waals surface area contributed by atoms with E-state index in [1.165, 1.54) is 6.07 Å². The van der Waals surface area contributed by atoms with Crippen LogP contribution in [0.1, 0.15) is 26.4 Å². The number of nitrogens with two attached hydrogens (primary N) is 1. The van der Waals surface area contributed by atoms with Gasteiger partial charge in [0.15, 0.2) is 0 Å². The van der Waals surface area contributed by atoms with Crippen molar-refractivity contribution in [1.29, 1.82) is 0 Å². The Hall–Kier alpha value is -2.68. The summed E-state index contributed by atoms with van der Waals surface area (Å²) in [7, 11) is -2.37. The molecule has 0 aliphatic rings. The molecule has 2 aromatic carbocycles. The lowest BCUT2D eigenvalue weighted by molar-refractivity contribution is 0.0985. The lowest BCUT2D eigenvalue weighted by Gasteiger charge is -2.23. The smallest absolute Gasteiger partial charge is 0.258 e. The van der Waals surface area contributed by atoms with Gasteiger partial charge in [-0.3, -0.25) is 4.79 Å². The number of benzene rings is 2. The Morgan fingerprint density at radius 1 is 1.14 bits per heavy atom. The fourth-order valence-corrected chi connectivity index (χ4v) is 4.57. The lowest BCUT2D eigenvalue weighted by atomic mass is 10.0. The molecule has 0 aliphatic heterocycles. The molecule has 1 heterocycles. The van der Waals surface area contributed by atoms with Gasteiger partial charge >= 0.3 is 0 Å². The monoisotopic (exact) mass is 430 g/mol. The second-order valence-electron chi connectivity index (χ2n) is 6.63. The summed E-state index contributed by atoms with van der Waals surface area (Å²) in [5.74, 6) is 0.372. The van der Waals surface area contributed by atoms with Crippen LogP contribution in [0.25, 0.3) is 0 Å². The summed E-state index contributed by atoms with van der Waals surface area (Å²) in [6.45, 7) is 3.80. The van der Waals surface area contributed by atoms with Crippen molar-refractivity contribution >= 4 is 33.0 Å². The highest BCUT2D eigenvalue weighted by atomic mass is 32.2. The molecule has 3 rings (SSSR count). The van der Waals surface area contributed by atoms with Crippen LogP contribution in [0.4, 0.5) is 5.69 Å². The van der Waals surface area contributed by atoms with Gasteiger partial charge in [-0.2, -0.15) is 0 Å². The van der Waals surface area contributed by atoms with Gasteiger partial charge in [-0.1, -0.05) is 6.07 Å². The highest BCUT2D eigenvalue weighted by molar-refractivity contribution is 7.89. The third-order valence-electron chi connectivity index (χ3n) is 4.70. The van der Waals surface area contributed by atoms with Gasteiger partial charge in [0.2, 0.25) is 10.0 Å². The van der Waals surface area contributed by atoms with Crippen molar-refractivity contribution in [3.8, 4) is 5.75 Å². The van der Waals surface area contributed by atoms with Gasteiger partial charge in [0.25, 0.3) is 5.91 Å². The molecule has 3 aromatic rings. The van der Waals surface area contributed by atoms with Crippen LogP contribution in [-0.2, 0) is 16.6 Å². The van der Waals surface area contributed by atoms with Crippen LogP contribution >= 0.6 is 11.3 Å². The molecule has 152 valence electrons. The molecule has 0 saturated heterocycles. The van der Waals surface area contributed by atoms with E-state index in [1.807, 2.05) is 17.5 Å². The summed E-state index contributed by atoms with van der Waals surface area (Å²) in [5.41, 5.74) is 2.17. The number of carbonyl (C=O) groups is 1. The number of nitrogens with zero attached hydrogens (tertiary/aromatic N) is 1. The molecule has 8 heteroatoms. The molecule has 0 radical (unpaired) electrons. The van der Waals surface area contributed by atoms with Crippen molar-refractivity contribution in [3.05, 3.63) is 75.5 Å². The maximum absolute atomic E-state index is 13.4. The summed E-state index contributed by atoms with van der Waals surface area (Å²) >= 11 is 1.54. The highest BCUT2D eigenvalue weighted by Crippen LogP contribution is 2.27. The number of primary sulfonamides is 1. The van der Waals surface area contributed by atoms with Gasteiger partial charge in [0.05, 0.1) is 18.6 Å². The fraction of sp³-hybridized carbons (Fsp3) is 0.190. The minimum absolute atomic E-state index is 0.0355. The third-order valence-corrected chi connectivity index (χ3v) is 6.59. The third kappa shape index (κ3) is 4.67. The number of aryl methyl sites for hydroxylation is 1. The fourth-order valence-electron chi connectivity index (χ4n) is 3.00. The van der Waals surface area contributed by atoms with Crippen LogP contribution in [0.5, 0.6) is 5.75 Å². The lowest BCUT2D eigenvalue weighted by Crippen LogP contribution is -2.30. The maximum atomic E-state index is 13.4. The topological polar surface area (TPSA) is 89.7 Å². The van der Waals surface area contributed by atoms with Crippen molar-refractivity contribution in [2.75, 3.05) is 12.0 Å². The number of carbonyl (C=O) groups excluding carboxylic acids is 1. The van der Waals surface area contributed by atoms with Crippen LogP contribution in [0.3, 0.4) is 0 Å². The Kier molecular flexibility index (Phi) is 6.07. The zero-order valence-corrected chi connectivity index (χ0v) is 18.0. The Bertz CT molecular complexity index is 1120. The van der Waals surface area contributed by atoms with Crippen LogP contribution in [-0.4, -0.2) is 21.4 Å². The normalized spacial score (nSPS) is 11.3. The van der Waals surface area contributed by atoms with E-state index in [9.17, 15) is 13.2 Å². The molecule has 0 saturated carbocycles. The number of methoxy groups -OCH3 is 1. The summed E-state index contributed by atoms with van der Waals surface area (Å²) < 4.78 is 29.2. The second-order valence-corrected chi connectivity index (χ2v) is 9.19. The number of anilines is 1. The number of rotatable bonds is 6. The molecule has 0 spiro atoms. The van der Waals surface area contributed by atoms with Gasteiger partial charge < -0.3 is 9.64 Å². The molecular weight excluding hydrogens is 408 g/mol. The van der Waals surface area contributed by atoms with E-state index >= 15 is 0 Å². The average Bonchev–Trinajstić information content (AvgIpc) is 3.20. The van der Waals surface area contributed by atoms with E-state index in [1.54, 1.807) is 67.5 Å². The largest absolute Gasteiger partial charge is 0.497 e. The Morgan fingerprint density at radius 3 is 2.38 bits per heavy atom. The molecule has 0 bridgehead atoms. The number of thiophene rings is 1. The number of hydrogen-bond acceptors (Lipinski definition) is 5. The predicted molar refractivity (Wildman–Crippen MR) is 115 cm³/mol. The van der Waals surface area contributed by atoms with Gasteiger partial charge in [-0.05, 0) is 72.8 Å². The van der Waals surface area contributed by atoms with Gasteiger partial charge in [0, 0.05) is 16.1 Å². The van der Waals surface area contributed by atoms with Crippen molar-refractivity contribution in [3.63, 3.8) is 0 Å². The van der Waals surface area contributed by atoms with E-state index in [2.05, 4.69) is 0 Å². The first-order valence-corrected chi connectivity index (χ1v) is 11.3. The van der Waals surface area contributed by atoms with Crippen LogP contribution in [0.15, 0.2) is 58.8 Å². The second kappa shape index (κ2) is 8.36. The summed E-state index contributed by atoms with van der Waals surface area (Å²) in [5, 5.41) is 7.31. The molecule has 2 N–H and O–H groups in total. The van der Waals surface area contributed by atoms with E-state index in [0.717, 1.165) is 4.88 Å². The minimum atomic E-state index is -3.95. The van der Waals surface area contributed by atoms with Crippen LogP contribution in [0, 0.1) is 13.8 Å². The Balaban J connectivity index is 2.07. The molecule has 0 atom stereocenters. The first-order chi connectivity index (χ1) is 13.7. The van der Waals surface area contributed by atoms with E-state index < -0.39 is 10.0 Å². The van der Waals surface area contributed by atoms with Crippen molar-refractivity contribution in [1.82, 2.24) is 0 Å². The quantitative estimate of drug-likeness (QED) is 0.643. The molecule has 0 unspecified atom stereocenters. The summed E-state index contributed by atoms with van der Waals surface area (Å²) in [6.07, 6.45) is 0. The standard InChI is InChI=1S/C21H22N2O4S2/c1-14-11-16(12-20(15(14)2)29(22,25)26)21(24)23(13-19-5-4-10-28-19)17-6-8-18(27-3)9-7-17/h4-12H,13H2,1-3H3,(H2,22,25,26). The van der Waals surface area contributed by atoms with E-state index in [4.69, 9.17) is 9.88 Å². The van der Waals surface area contributed by atoms with E-state index in [-0.39, 0.29) is 16.4 Å². The van der Waals surface area contributed by atoms with Crippen LogP contribution in [0.2, 0.25) is 0 Å². The SMILES string of the molecule is COc1ccc(N(Cc2cccs2)C(=O)c2cc(C)c(C)c(S(N)(=O)=O)c2)cc1. The van der Waals surface area contributed by atoms with Crippen molar-refractivity contribution in [2.24, 2.45) is 5.14 Å². The molecular formula is C21H22N2O4S2. The summed E-state index contributed by atoms with van der Waals surface area (Å²) in [4.78, 5) is 16.0. The summed E-state index contributed by atoms with van der Waals surface area (Å²) in [6, 6.07) is 14.1. The zero-order chi connectivity index (χ0) is 21.2. The number of amides is 1. The van der Waals surface area contributed by atoms with Crippen LogP contribution < -0.4 is 14.8 Å². The number of hydrogen-bond donors (Lipinski definition) is 1. The Morgan fingerprint density at radius 2 is 1.83 bits per heavy atom. The van der Waals surface area contributed by atoms with Gasteiger partial charge in [0.1, 0.15) is 5.75 Å². The highest BCUT2D eigenvalue weighted by Gasteiger charge is 2.23. The van der Waals surface area contributed by atoms with Gasteiger partial charge in [-0.25, -0.2) is 13.6 Å². The zero-order valence-electron chi connectivity index (χ0n) is 16.4. The Labute approximate surface area is 174 Å². The number of ether oxygens (including phenoxy) is 1. The molecule has 1 amide bonds. The molecule has 1 aromatic heterocycles. The molecule has 29 heavy (non-hydrogen) atoms. The first kappa shape index (κ1) is 21.0. The first-order valence-electron chi connectivity index (χ1n) is 8.83. The van der Waals surface area contributed by atoms with E-state index in [0.29, 0.717) is 29.1 Å². The van der Waals surface area contributed by atoms with Crippen molar-refractivity contribution < 1.29 is 17.9 Å². The molecule has 0 fully saturated rings. The van der Waals surface area contributed by atoms with Crippen molar-refractivity contribution in [2.45, 2.75) is 25.3 Å². The van der Waals surface area contributed by atoms with Gasteiger partial charge in [-0.15, -0.1) is 11.3 Å². The maximum Gasteiger partial charge on any atom is 0.258 e. The predicted octanol–water partition coefficient (Wildman–Crippen LogP) is 3.87. The minimum Gasteiger partial charge on any atom is -0.497 e. The molecule has 6 nitrogen and oxygen atoms in total. The number of sulfonamides is 1. The molecule has 0 aliphatic carbocycles.